The van der Waals surface area contributed by atoms with E-state index in [1.54, 1.807) is 0 Å². The molecule has 4 nitrogen and oxygen atoms in total. The summed E-state index contributed by atoms with van der Waals surface area (Å²) in [5.41, 5.74) is 3.45. The van der Waals surface area contributed by atoms with Crippen LogP contribution in [0.4, 0.5) is 0 Å². The third kappa shape index (κ3) is 9.03. The number of halogens is 1. The maximum absolute atomic E-state index is 13.3. The van der Waals surface area contributed by atoms with Crippen LogP contribution in [-0.2, 0) is 19.3 Å². The molecule has 0 radical (unpaired) electrons. The Labute approximate surface area is 210 Å². The Morgan fingerprint density at radius 2 is 1.44 bits per heavy atom. The lowest BCUT2D eigenvalue weighted by atomic mass is 9.99. The molecule has 1 amide bonds. The summed E-state index contributed by atoms with van der Waals surface area (Å²) in [5.74, 6) is -0.162. The highest BCUT2D eigenvalue weighted by Crippen LogP contribution is 2.23. The number of aliphatic hydroxyl groups is 1. The Bertz CT molecular complexity index is 872. The van der Waals surface area contributed by atoms with E-state index in [1.807, 2.05) is 36.4 Å². The molecule has 5 heteroatoms. The zero-order valence-electron chi connectivity index (χ0n) is 20.5. The first kappa shape index (κ1) is 26.7. The number of nitrogens with one attached hydrogen (secondary N) is 1. The smallest absolute Gasteiger partial charge is 0.253 e. The molecule has 1 atom stereocenters. The number of rotatable bonds is 5. The van der Waals surface area contributed by atoms with Gasteiger partial charge < -0.3 is 10.4 Å². The Balaban J connectivity index is 1.74. The number of benzene rings is 1. The molecule has 0 fully saturated rings. The minimum Gasteiger partial charge on any atom is -0.394 e. The van der Waals surface area contributed by atoms with E-state index in [2.05, 4.69) is 5.32 Å². The number of amides is 1. The molecule has 4 rings (SSSR count). The SMILES string of the molecule is O=C(N[C@H](CO)Cc1ccccc1)c1cc2c(Cl)nc1CCCCCCCCCCCCCC2. The molecule has 2 N–H and O–H groups in total. The standard InChI is InChI=1S/C29H41ClN2O2/c30-28-24-18-14-9-7-5-3-1-2-4-6-8-10-15-19-27(32-28)26(21-24)29(34)31-25(22-33)20-23-16-12-11-13-17-23/h11-13,16-17,21,25,33H,1-10,14-15,18-20,22H2,(H,31,34)/t25-/m0/s1. The van der Waals surface area contributed by atoms with Crippen LogP contribution in [0.5, 0.6) is 0 Å². The van der Waals surface area contributed by atoms with E-state index in [0.717, 1.165) is 48.9 Å². The first-order valence-corrected chi connectivity index (χ1v) is 13.7. The lowest BCUT2D eigenvalue weighted by Crippen LogP contribution is -2.39. The van der Waals surface area contributed by atoms with E-state index < -0.39 is 0 Å². The molecule has 0 saturated heterocycles. The van der Waals surface area contributed by atoms with E-state index in [4.69, 9.17) is 16.6 Å². The molecular weight excluding hydrogens is 444 g/mol. The van der Waals surface area contributed by atoms with Crippen LogP contribution >= 0.6 is 11.6 Å². The van der Waals surface area contributed by atoms with Crippen molar-refractivity contribution in [1.82, 2.24) is 10.3 Å². The number of aromatic nitrogens is 1. The van der Waals surface area contributed by atoms with Crippen molar-refractivity contribution in [3.8, 4) is 0 Å². The monoisotopic (exact) mass is 484 g/mol. The van der Waals surface area contributed by atoms with Crippen LogP contribution in [0.3, 0.4) is 0 Å². The van der Waals surface area contributed by atoms with Gasteiger partial charge in [0.25, 0.3) is 5.91 Å². The second kappa shape index (κ2) is 15.2. The molecule has 2 aromatic rings. The zero-order valence-corrected chi connectivity index (χ0v) is 21.3. The molecule has 186 valence electrons. The molecular formula is C29H41ClN2O2. The van der Waals surface area contributed by atoms with Gasteiger partial charge in [0.1, 0.15) is 5.15 Å². The zero-order chi connectivity index (χ0) is 24.0. The number of aryl methyl sites for hydroxylation is 2. The largest absolute Gasteiger partial charge is 0.394 e. The molecule has 34 heavy (non-hydrogen) atoms. The molecule has 0 saturated carbocycles. The minimum atomic E-state index is -0.340. The molecule has 1 aliphatic carbocycles. The highest BCUT2D eigenvalue weighted by molar-refractivity contribution is 6.30. The highest BCUT2D eigenvalue weighted by atomic mass is 35.5. The van der Waals surface area contributed by atoms with Gasteiger partial charge in [0, 0.05) is 0 Å². The number of carbonyl (C=O) groups excluding carboxylic acids is 1. The maximum atomic E-state index is 13.3. The maximum Gasteiger partial charge on any atom is 0.253 e. The lowest BCUT2D eigenvalue weighted by molar-refractivity contribution is 0.0915. The molecule has 2 heterocycles. The fourth-order valence-corrected chi connectivity index (χ4v) is 5.08. The topological polar surface area (TPSA) is 62.2 Å². The Morgan fingerprint density at radius 3 is 2.03 bits per heavy atom. The van der Waals surface area contributed by atoms with Gasteiger partial charge in [-0.25, -0.2) is 4.98 Å². The number of nitrogens with zero attached hydrogens (tertiary/aromatic N) is 1. The van der Waals surface area contributed by atoms with Crippen LogP contribution < -0.4 is 5.32 Å². The molecule has 1 aromatic carbocycles. The first-order valence-electron chi connectivity index (χ1n) is 13.3. The average molecular weight is 485 g/mol. The predicted octanol–water partition coefficient (Wildman–Crippen LogP) is 6.85. The van der Waals surface area contributed by atoms with Gasteiger partial charge in [-0.3, -0.25) is 4.79 Å². The fourth-order valence-electron chi connectivity index (χ4n) is 4.83. The summed E-state index contributed by atoms with van der Waals surface area (Å²) < 4.78 is 0. The third-order valence-electron chi connectivity index (χ3n) is 6.86. The Hall–Kier alpha value is -1.91. The van der Waals surface area contributed by atoms with E-state index in [9.17, 15) is 9.90 Å². The van der Waals surface area contributed by atoms with Crippen LogP contribution in [-0.4, -0.2) is 28.6 Å². The average Bonchev–Trinajstić information content (AvgIpc) is 2.84. The van der Waals surface area contributed by atoms with Gasteiger partial charge >= 0.3 is 0 Å². The summed E-state index contributed by atoms with van der Waals surface area (Å²) >= 11 is 6.58. The molecule has 2 bridgehead atoms. The van der Waals surface area contributed by atoms with Crippen molar-refractivity contribution in [3.63, 3.8) is 0 Å². The van der Waals surface area contributed by atoms with Crippen molar-refractivity contribution < 1.29 is 9.90 Å². The van der Waals surface area contributed by atoms with Crippen LogP contribution in [0.1, 0.15) is 104 Å². The first-order chi connectivity index (χ1) is 16.7. The fraction of sp³-hybridized carbons (Fsp3) is 0.586. The normalized spacial score (nSPS) is 17.5. The van der Waals surface area contributed by atoms with Gasteiger partial charge in [-0.05, 0) is 49.3 Å². The summed E-state index contributed by atoms with van der Waals surface area (Å²) in [5, 5.41) is 13.5. The summed E-state index contributed by atoms with van der Waals surface area (Å²) in [6.45, 7) is -0.107. The lowest BCUT2D eigenvalue weighted by Gasteiger charge is -2.19. The Kier molecular flexibility index (Phi) is 11.9. The Morgan fingerprint density at radius 1 is 0.882 bits per heavy atom. The number of fused-ring (bicyclic) bond motifs is 15. The summed E-state index contributed by atoms with van der Waals surface area (Å²) in [6, 6.07) is 11.6. The quantitative estimate of drug-likeness (QED) is 0.456. The number of aliphatic hydroxyl groups excluding tert-OH is 1. The van der Waals surface area contributed by atoms with E-state index in [-0.39, 0.29) is 18.6 Å². The molecule has 0 unspecified atom stereocenters. The summed E-state index contributed by atoms with van der Waals surface area (Å²) in [7, 11) is 0. The van der Waals surface area contributed by atoms with Crippen LogP contribution in [0.15, 0.2) is 36.4 Å². The molecule has 0 spiro atoms. The van der Waals surface area contributed by atoms with Crippen molar-refractivity contribution in [3.05, 3.63) is 63.9 Å². The van der Waals surface area contributed by atoms with Gasteiger partial charge in [-0.1, -0.05) is 106 Å². The van der Waals surface area contributed by atoms with Gasteiger partial charge in [0.05, 0.1) is 23.9 Å². The summed E-state index contributed by atoms with van der Waals surface area (Å²) in [6.07, 6.45) is 17.1. The van der Waals surface area contributed by atoms with Crippen molar-refractivity contribution in [2.24, 2.45) is 0 Å². The van der Waals surface area contributed by atoms with Crippen molar-refractivity contribution in [1.29, 1.82) is 0 Å². The molecule has 1 aromatic heterocycles. The number of hydrogen-bond donors (Lipinski definition) is 2. The van der Waals surface area contributed by atoms with Gasteiger partial charge in [-0.15, -0.1) is 0 Å². The molecule has 2 aliphatic rings. The van der Waals surface area contributed by atoms with E-state index >= 15 is 0 Å². The van der Waals surface area contributed by atoms with Crippen molar-refractivity contribution in [2.45, 2.75) is 102 Å². The number of hydrogen-bond acceptors (Lipinski definition) is 3. The van der Waals surface area contributed by atoms with Gasteiger partial charge in [-0.2, -0.15) is 0 Å². The third-order valence-corrected chi connectivity index (χ3v) is 7.19. The highest BCUT2D eigenvalue weighted by Gasteiger charge is 2.20. The minimum absolute atomic E-state index is 0.107. The van der Waals surface area contributed by atoms with Crippen LogP contribution in [0.2, 0.25) is 5.15 Å². The van der Waals surface area contributed by atoms with Gasteiger partial charge in [0.2, 0.25) is 0 Å². The second-order valence-electron chi connectivity index (χ2n) is 9.72. The van der Waals surface area contributed by atoms with E-state index in [0.29, 0.717) is 17.1 Å². The van der Waals surface area contributed by atoms with Crippen molar-refractivity contribution >= 4 is 17.5 Å². The number of pyridine rings is 1. The van der Waals surface area contributed by atoms with E-state index in [1.165, 1.54) is 57.8 Å². The van der Waals surface area contributed by atoms with Crippen LogP contribution in [0.25, 0.3) is 0 Å². The van der Waals surface area contributed by atoms with Crippen LogP contribution in [0, 0.1) is 0 Å². The number of carbonyl (C=O) groups is 1. The van der Waals surface area contributed by atoms with Crippen molar-refractivity contribution in [2.75, 3.05) is 6.61 Å². The summed E-state index contributed by atoms with van der Waals surface area (Å²) in [4.78, 5) is 18.0. The molecule has 1 aliphatic heterocycles. The van der Waals surface area contributed by atoms with Gasteiger partial charge in [0.15, 0.2) is 0 Å². The predicted molar refractivity (Wildman–Crippen MR) is 141 cm³/mol. The second-order valence-corrected chi connectivity index (χ2v) is 10.1.